The first-order chi connectivity index (χ1) is 8.65. The van der Waals surface area contributed by atoms with Crippen molar-refractivity contribution >= 4 is 11.6 Å². The number of hydrogen-bond acceptors (Lipinski definition) is 3. The Hall–Kier alpha value is -1.24. The third-order valence-electron chi connectivity index (χ3n) is 2.87. The molecular weight excluding hydrogens is 250 g/mol. The van der Waals surface area contributed by atoms with Crippen molar-refractivity contribution in [1.82, 2.24) is 0 Å². The zero-order valence-electron chi connectivity index (χ0n) is 10.9. The number of benzene rings is 1. The summed E-state index contributed by atoms with van der Waals surface area (Å²) in [5, 5.41) is 9.22. The van der Waals surface area contributed by atoms with E-state index in [1.807, 2.05) is 6.07 Å². The molecule has 0 saturated heterocycles. The Balaban J connectivity index is 2.82. The van der Waals surface area contributed by atoms with Crippen molar-refractivity contribution < 1.29 is 9.47 Å². The summed E-state index contributed by atoms with van der Waals surface area (Å²) in [6.45, 7) is 4.11. The minimum absolute atomic E-state index is 0.0102. The molecule has 1 rings (SSSR count). The van der Waals surface area contributed by atoms with Crippen LogP contribution in [0.15, 0.2) is 18.2 Å². The summed E-state index contributed by atoms with van der Waals surface area (Å²) in [6.07, 6.45) is 1.79. The van der Waals surface area contributed by atoms with Gasteiger partial charge in [0.2, 0.25) is 0 Å². The first-order valence-electron chi connectivity index (χ1n) is 6.05. The number of rotatable bonds is 6. The van der Waals surface area contributed by atoms with Crippen molar-refractivity contribution in [3.05, 3.63) is 28.8 Å². The third-order valence-corrected chi connectivity index (χ3v) is 3.18. The molecule has 0 radical (unpaired) electrons. The number of nitrogens with zero attached hydrogens (tertiary/aromatic N) is 1. The van der Waals surface area contributed by atoms with Gasteiger partial charge in [0, 0.05) is 13.2 Å². The van der Waals surface area contributed by atoms with E-state index in [0.717, 1.165) is 12.8 Å². The molecule has 0 bridgehead atoms. The molecule has 0 fully saturated rings. The van der Waals surface area contributed by atoms with Crippen LogP contribution < -0.4 is 4.74 Å². The van der Waals surface area contributed by atoms with Gasteiger partial charge in [0.15, 0.2) is 0 Å². The Kier molecular flexibility index (Phi) is 5.97. The maximum absolute atomic E-state index is 8.81. The second-order valence-electron chi connectivity index (χ2n) is 4.00. The maximum atomic E-state index is 8.81. The van der Waals surface area contributed by atoms with Crippen LogP contribution >= 0.6 is 11.6 Å². The summed E-state index contributed by atoms with van der Waals surface area (Å²) < 4.78 is 11.3. The molecule has 0 N–H and O–H groups in total. The van der Waals surface area contributed by atoms with Gasteiger partial charge in [-0.15, -0.1) is 0 Å². The third kappa shape index (κ3) is 3.63. The molecule has 2 unspecified atom stereocenters. The zero-order valence-corrected chi connectivity index (χ0v) is 11.7. The summed E-state index contributed by atoms with van der Waals surface area (Å²) in [6, 6.07) is 7.12. The molecule has 98 valence electrons. The number of methoxy groups -OCH3 is 1. The molecule has 4 heteroatoms. The first-order valence-corrected chi connectivity index (χ1v) is 6.43. The Morgan fingerprint density at radius 3 is 2.39 bits per heavy atom. The lowest BCUT2D eigenvalue weighted by atomic mass is 10.1. The quantitative estimate of drug-likeness (QED) is 0.787. The number of hydrogen-bond donors (Lipinski definition) is 0. The molecule has 0 aliphatic rings. The van der Waals surface area contributed by atoms with Crippen LogP contribution in [0, 0.1) is 11.3 Å². The highest BCUT2D eigenvalue weighted by atomic mass is 35.5. The van der Waals surface area contributed by atoms with Crippen molar-refractivity contribution in [2.45, 2.75) is 38.9 Å². The smallest absolute Gasteiger partial charge is 0.124 e. The van der Waals surface area contributed by atoms with E-state index in [4.69, 9.17) is 26.3 Å². The van der Waals surface area contributed by atoms with E-state index in [1.54, 1.807) is 25.3 Å². The number of ether oxygens (including phenoxy) is 2. The van der Waals surface area contributed by atoms with Gasteiger partial charge >= 0.3 is 0 Å². The van der Waals surface area contributed by atoms with Gasteiger partial charge in [0.05, 0.1) is 16.7 Å². The average molecular weight is 268 g/mol. The number of halogens is 1. The molecule has 0 spiro atoms. The van der Waals surface area contributed by atoms with E-state index < -0.39 is 0 Å². The summed E-state index contributed by atoms with van der Waals surface area (Å²) in [4.78, 5) is 0. The van der Waals surface area contributed by atoms with E-state index >= 15 is 0 Å². The molecule has 3 nitrogen and oxygen atoms in total. The van der Waals surface area contributed by atoms with Crippen molar-refractivity contribution in [3.63, 3.8) is 0 Å². The van der Waals surface area contributed by atoms with Gasteiger partial charge in [0.25, 0.3) is 0 Å². The number of nitriles is 1. The molecule has 0 aliphatic heterocycles. The Morgan fingerprint density at radius 2 is 1.94 bits per heavy atom. The lowest BCUT2D eigenvalue weighted by molar-refractivity contribution is -0.00152. The summed E-state index contributed by atoms with van der Waals surface area (Å²) >= 11 is 5.97. The van der Waals surface area contributed by atoms with Crippen LogP contribution in [0.4, 0.5) is 0 Å². The normalized spacial score (nSPS) is 13.7. The van der Waals surface area contributed by atoms with E-state index in [1.165, 1.54) is 0 Å². The van der Waals surface area contributed by atoms with Crippen molar-refractivity contribution in [1.29, 1.82) is 5.26 Å². The lowest BCUT2D eigenvalue weighted by Gasteiger charge is -2.25. The van der Waals surface area contributed by atoms with Gasteiger partial charge in [-0.05, 0) is 25.0 Å². The SMILES string of the molecule is CCC(OC)C(CC)Oc1ccc(C#N)c(Cl)c1. The summed E-state index contributed by atoms with van der Waals surface area (Å²) in [5.41, 5.74) is 0.454. The lowest BCUT2D eigenvalue weighted by Crippen LogP contribution is -2.32. The van der Waals surface area contributed by atoms with Crippen molar-refractivity contribution in [3.8, 4) is 11.8 Å². The molecule has 0 amide bonds. The minimum Gasteiger partial charge on any atom is -0.488 e. The van der Waals surface area contributed by atoms with Gasteiger partial charge in [-0.25, -0.2) is 0 Å². The molecule has 0 aliphatic carbocycles. The largest absolute Gasteiger partial charge is 0.488 e. The summed E-state index contributed by atoms with van der Waals surface area (Å²) in [7, 11) is 1.69. The molecular formula is C14H18ClNO2. The topological polar surface area (TPSA) is 42.2 Å². The predicted molar refractivity (Wildman–Crippen MR) is 72.0 cm³/mol. The Bertz CT molecular complexity index is 424. The second kappa shape index (κ2) is 7.25. The first kappa shape index (κ1) is 14.8. The monoisotopic (exact) mass is 267 g/mol. The highest BCUT2D eigenvalue weighted by Crippen LogP contribution is 2.24. The van der Waals surface area contributed by atoms with Gasteiger partial charge < -0.3 is 9.47 Å². The molecule has 1 aromatic rings. The standard InChI is InChI=1S/C14H18ClNO2/c1-4-13(17-3)14(5-2)18-11-7-6-10(9-16)12(15)8-11/h6-8,13-14H,4-5H2,1-3H3. The second-order valence-corrected chi connectivity index (χ2v) is 4.41. The average Bonchev–Trinajstić information content (AvgIpc) is 2.39. The van der Waals surface area contributed by atoms with Crippen LogP contribution in [-0.2, 0) is 4.74 Å². The predicted octanol–water partition coefficient (Wildman–Crippen LogP) is 3.79. The minimum atomic E-state index is -0.0102. The van der Waals surface area contributed by atoms with Crippen LogP contribution in [0.1, 0.15) is 32.3 Å². The van der Waals surface area contributed by atoms with Crippen LogP contribution in [0.2, 0.25) is 5.02 Å². The van der Waals surface area contributed by atoms with Crippen LogP contribution in [0.25, 0.3) is 0 Å². The van der Waals surface area contributed by atoms with Crippen LogP contribution in [0.3, 0.4) is 0 Å². The van der Waals surface area contributed by atoms with Gasteiger partial charge in [-0.3, -0.25) is 0 Å². The zero-order chi connectivity index (χ0) is 13.5. The Labute approximate surface area is 113 Å². The van der Waals surface area contributed by atoms with Crippen LogP contribution in [-0.4, -0.2) is 19.3 Å². The highest BCUT2D eigenvalue weighted by Gasteiger charge is 2.19. The van der Waals surface area contributed by atoms with Gasteiger partial charge in [-0.1, -0.05) is 25.4 Å². The molecule has 0 heterocycles. The highest BCUT2D eigenvalue weighted by molar-refractivity contribution is 6.31. The van der Waals surface area contributed by atoms with Crippen molar-refractivity contribution in [2.75, 3.05) is 7.11 Å². The fourth-order valence-corrected chi connectivity index (χ4v) is 2.05. The molecule has 0 saturated carbocycles. The fourth-order valence-electron chi connectivity index (χ4n) is 1.84. The van der Waals surface area contributed by atoms with E-state index in [-0.39, 0.29) is 12.2 Å². The molecule has 18 heavy (non-hydrogen) atoms. The van der Waals surface area contributed by atoms with Crippen molar-refractivity contribution in [2.24, 2.45) is 0 Å². The summed E-state index contributed by atoms with van der Waals surface area (Å²) in [5.74, 6) is 0.668. The van der Waals surface area contributed by atoms with Gasteiger partial charge in [-0.2, -0.15) is 5.26 Å². The van der Waals surface area contributed by atoms with Crippen LogP contribution in [0.5, 0.6) is 5.75 Å². The maximum Gasteiger partial charge on any atom is 0.124 e. The fraction of sp³-hybridized carbons (Fsp3) is 0.500. The molecule has 2 atom stereocenters. The van der Waals surface area contributed by atoms with E-state index in [0.29, 0.717) is 16.3 Å². The Morgan fingerprint density at radius 1 is 1.28 bits per heavy atom. The molecule has 0 aromatic heterocycles. The van der Waals surface area contributed by atoms with E-state index in [2.05, 4.69) is 13.8 Å². The van der Waals surface area contributed by atoms with Gasteiger partial charge in [0.1, 0.15) is 17.9 Å². The van der Waals surface area contributed by atoms with E-state index in [9.17, 15) is 0 Å². The molecule has 1 aromatic carbocycles.